The van der Waals surface area contributed by atoms with Gasteiger partial charge in [0.05, 0.1) is 18.4 Å². The Bertz CT molecular complexity index is 405. The molecule has 1 heterocycles. The number of rotatable bonds is 4. The summed E-state index contributed by atoms with van der Waals surface area (Å²) in [6.07, 6.45) is -0.702. The van der Waals surface area contributed by atoms with Crippen molar-refractivity contribution >= 4 is 10.1 Å². The van der Waals surface area contributed by atoms with Crippen LogP contribution in [0.2, 0.25) is 0 Å². The molecule has 0 aromatic heterocycles. The topological polar surface area (TPSA) is 111 Å². The van der Waals surface area contributed by atoms with Gasteiger partial charge >= 0.3 is 0 Å². The monoisotopic (exact) mass is 265 g/mol. The molecule has 8 nitrogen and oxygen atoms in total. The van der Waals surface area contributed by atoms with E-state index in [2.05, 4.69) is 10.0 Å². The van der Waals surface area contributed by atoms with Gasteiger partial charge in [-0.3, -0.25) is 4.18 Å². The van der Waals surface area contributed by atoms with E-state index in [1.54, 1.807) is 6.92 Å². The summed E-state index contributed by atoms with van der Waals surface area (Å²) >= 11 is 0. The van der Waals surface area contributed by atoms with Crippen LogP contribution in [0, 0.1) is 0 Å². The number of hydrogen-bond donors (Lipinski definition) is 0. The highest BCUT2D eigenvalue weighted by atomic mass is 32.2. The average molecular weight is 265 g/mol. The Hall–Kier alpha value is -0.860. The molecule has 0 bridgehead atoms. The summed E-state index contributed by atoms with van der Waals surface area (Å²) in [5, 5.41) is 3.53. The second-order valence-corrected chi connectivity index (χ2v) is 5.38. The summed E-state index contributed by atoms with van der Waals surface area (Å²) in [6.45, 7) is 1.64. The van der Waals surface area contributed by atoms with Gasteiger partial charge in [0.2, 0.25) is 0 Å². The van der Waals surface area contributed by atoms with Crippen LogP contribution in [0.5, 0.6) is 0 Å². The number of hydrogen-bond acceptors (Lipinski definition) is 6. The molecule has 98 valence electrons. The van der Waals surface area contributed by atoms with Gasteiger partial charge in [0, 0.05) is 18.4 Å². The molecule has 17 heavy (non-hydrogen) atoms. The van der Waals surface area contributed by atoms with Crippen LogP contribution in [0.15, 0.2) is 5.11 Å². The fourth-order valence-electron chi connectivity index (χ4n) is 1.69. The van der Waals surface area contributed by atoms with Crippen molar-refractivity contribution in [1.29, 1.82) is 0 Å². The lowest BCUT2D eigenvalue weighted by Gasteiger charge is -2.36. The summed E-state index contributed by atoms with van der Waals surface area (Å²) in [5.41, 5.74) is 8.45. The highest BCUT2D eigenvalue weighted by molar-refractivity contribution is 7.86. The molecule has 0 amide bonds. The van der Waals surface area contributed by atoms with Crippen LogP contribution < -0.4 is 0 Å². The van der Waals surface area contributed by atoms with Crippen molar-refractivity contribution in [2.24, 2.45) is 5.11 Å². The molecule has 1 rings (SSSR count). The Kier molecular flexibility index (Phi) is 4.72. The third-order valence-corrected chi connectivity index (χ3v) is 2.96. The highest BCUT2D eigenvalue weighted by Crippen LogP contribution is 2.26. The molecule has 0 aromatic carbocycles. The van der Waals surface area contributed by atoms with Gasteiger partial charge in [-0.1, -0.05) is 5.11 Å². The molecule has 0 unspecified atom stereocenters. The molecular formula is C8H15N3O5S. The fourth-order valence-corrected chi connectivity index (χ4v) is 2.38. The smallest absolute Gasteiger partial charge is 0.264 e. The lowest BCUT2D eigenvalue weighted by molar-refractivity contribution is -0.206. The molecule has 0 aromatic rings. The molecule has 0 N–H and O–H groups in total. The predicted molar refractivity (Wildman–Crippen MR) is 58.6 cm³/mol. The molecule has 0 spiro atoms. The molecule has 1 saturated heterocycles. The Labute approximate surface area is 99.6 Å². The zero-order valence-electron chi connectivity index (χ0n) is 9.81. The first kappa shape index (κ1) is 14.2. The Balaban J connectivity index is 2.87. The van der Waals surface area contributed by atoms with Gasteiger partial charge in [-0.05, 0) is 12.5 Å². The number of azide groups is 1. The van der Waals surface area contributed by atoms with Crippen LogP contribution in [0.4, 0.5) is 0 Å². The van der Waals surface area contributed by atoms with E-state index in [9.17, 15) is 8.42 Å². The van der Waals surface area contributed by atoms with Gasteiger partial charge in [-0.25, -0.2) is 0 Å². The van der Waals surface area contributed by atoms with Crippen molar-refractivity contribution in [3.63, 3.8) is 0 Å². The van der Waals surface area contributed by atoms with Crippen LogP contribution in [-0.2, 0) is 23.8 Å². The van der Waals surface area contributed by atoms with Gasteiger partial charge in [-0.15, -0.1) is 0 Å². The first-order valence-corrected chi connectivity index (χ1v) is 6.79. The van der Waals surface area contributed by atoms with Crippen molar-refractivity contribution in [1.82, 2.24) is 0 Å². The molecule has 0 aliphatic carbocycles. The molecule has 0 saturated carbocycles. The lowest BCUT2D eigenvalue weighted by Crippen LogP contribution is -2.48. The summed E-state index contributed by atoms with van der Waals surface area (Å²) in [5.74, 6) is 0. The minimum absolute atomic E-state index is 0.255. The largest absolute Gasteiger partial charge is 0.356 e. The minimum Gasteiger partial charge on any atom is -0.356 e. The van der Waals surface area contributed by atoms with E-state index in [1.807, 2.05) is 0 Å². The zero-order valence-corrected chi connectivity index (χ0v) is 10.6. The maximum absolute atomic E-state index is 11.1. The van der Waals surface area contributed by atoms with Crippen LogP contribution in [0.25, 0.3) is 10.4 Å². The van der Waals surface area contributed by atoms with Gasteiger partial charge in [0.15, 0.2) is 6.29 Å². The highest BCUT2D eigenvalue weighted by Gasteiger charge is 2.39. The summed E-state index contributed by atoms with van der Waals surface area (Å²) in [6, 6.07) is -0.636. The maximum atomic E-state index is 11.1. The van der Waals surface area contributed by atoms with E-state index < -0.39 is 34.7 Å². The molecular weight excluding hydrogens is 250 g/mol. The third-order valence-electron chi connectivity index (χ3n) is 2.39. The summed E-state index contributed by atoms with van der Waals surface area (Å²) in [7, 11) is -2.18. The third kappa shape index (κ3) is 4.14. The van der Waals surface area contributed by atoms with Crippen molar-refractivity contribution in [3.8, 4) is 0 Å². The summed E-state index contributed by atoms with van der Waals surface area (Å²) in [4.78, 5) is 2.68. The standard InChI is InChI=1S/C8H15N3O5S/c1-5-8(16-17(3,12)13)6(10-11-9)4-7(14-2)15-5/h5-8H,4H2,1-3H3/t5-,6-,7-,8-/m1/s1. The maximum Gasteiger partial charge on any atom is 0.264 e. The first-order chi connectivity index (χ1) is 7.87. The van der Waals surface area contributed by atoms with Gasteiger partial charge < -0.3 is 9.47 Å². The minimum atomic E-state index is -3.64. The van der Waals surface area contributed by atoms with E-state index in [4.69, 9.17) is 19.2 Å². The van der Waals surface area contributed by atoms with Crippen molar-refractivity contribution in [3.05, 3.63) is 10.4 Å². The summed E-state index contributed by atoms with van der Waals surface area (Å²) < 4.78 is 37.5. The van der Waals surface area contributed by atoms with Crippen LogP contribution >= 0.6 is 0 Å². The Morgan fingerprint density at radius 1 is 1.53 bits per heavy atom. The van der Waals surface area contributed by atoms with Crippen LogP contribution in [0.3, 0.4) is 0 Å². The second kappa shape index (κ2) is 5.65. The second-order valence-electron chi connectivity index (χ2n) is 3.78. The first-order valence-electron chi connectivity index (χ1n) is 4.98. The molecule has 4 atom stereocenters. The predicted octanol–water partition coefficient (Wildman–Crippen LogP) is 0.791. The van der Waals surface area contributed by atoms with Crippen LogP contribution in [0.1, 0.15) is 13.3 Å². The van der Waals surface area contributed by atoms with Crippen LogP contribution in [-0.4, -0.2) is 46.3 Å². The fraction of sp³-hybridized carbons (Fsp3) is 1.00. The lowest BCUT2D eigenvalue weighted by atomic mass is 10.0. The molecule has 0 radical (unpaired) electrons. The normalized spacial score (nSPS) is 34.1. The van der Waals surface area contributed by atoms with Gasteiger partial charge in [0.25, 0.3) is 10.1 Å². The molecule has 1 aliphatic heterocycles. The number of nitrogens with zero attached hydrogens (tertiary/aromatic N) is 3. The molecule has 1 fully saturated rings. The quantitative estimate of drug-likeness (QED) is 0.323. The van der Waals surface area contributed by atoms with Gasteiger partial charge in [0.1, 0.15) is 6.10 Å². The van der Waals surface area contributed by atoms with E-state index in [1.165, 1.54) is 7.11 Å². The molecule has 9 heteroatoms. The Morgan fingerprint density at radius 2 is 2.18 bits per heavy atom. The van der Waals surface area contributed by atoms with E-state index in [0.717, 1.165) is 6.26 Å². The average Bonchev–Trinajstić information content (AvgIpc) is 2.21. The van der Waals surface area contributed by atoms with Crippen molar-refractivity contribution in [2.45, 2.75) is 37.9 Å². The van der Waals surface area contributed by atoms with Gasteiger partial charge in [-0.2, -0.15) is 8.42 Å². The number of methoxy groups -OCH3 is 1. The van der Waals surface area contributed by atoms with E-state index >= 15 is 0 Å². The molecule has 1 aliphatic rings. The van der Waals surface area contributed by atoms with E-state index in [-0.39, 0.29) is 6.42 Å². The zero-order chi connectivity index (χ0) is 13.1. The Morgan fingerprint density at radius 3 is 2.65 bits per heavy atom. The number of ether oxygens (including phenoxy) is 2. The van der Waals surface area contributed by atoms with Crippen molar-refractivity contribution in [2.75, 3.05) is 13.4 Å². The SMILES string of the molecule is CO[C@H]1C[C@@H](N=[N+]=[N-])[C@H](OS(C)(=O)=O)[C@@H](C)O1. The van der Waals surface area contributed by atoms with E-state index in [0.29, 0.717) is 0 Å². The van der Waals surface area contributed by atoms with Crippen molar-refractivity contribution < 1.29 is 22.1 Å².